The lowest BCUT2D eigenvalue weighted by Crippen LogP contribution is -2.10. The molecular weight excluding hydrogens is 184 g/mol. The smallest absolute Gasteiger partial charge is 0.185 e. The molecule has 0 aromatic carbocycles. The van der Waals surface area contributed by atoms with Crippen molar-refractivity contribution < 1.29 is 0 Å². The zero-order valence-electron chi connectivity index (χ0n) is 7.73. The van der Waals surface area contributed by atoms with Gasteiger partial charge in [0.05, 0.1) is 0 Å². The minimum absolute atomic E-state index is 0.807. The molecule has 1 atom stereocenters. The average Bonchev–Trinajstić information content (AvgIpc) is 2.72. The Hall–Kier alpha value is -0.550. The Kier molecular flexibility index (Phi) is 2.85. The minimum atomic E-state index is 0.807. The van der Waals surface area contributed by atoms with Crippen LogP contribution >= 0.6 is 11.8 Å². The molecule has 1 aliphatic heterocycles. The molecule has 1 aromatic heterocycles. The lowest BCUT2D eigenvalue weighted by Gasteiger charge is -2.05. The van der Waals surface area contributed by atoms with E-state index in [2.05, 4.69) is 15.4 Å². The Morgan fingerprint density at radius 1 is 1.77 bits per heavy atom. The second kappa shape index (κ2) is 4.11. The van der Waals surface area contributed by atoms with Gasteiger partial charge in [-0.25, -0.2) is 9.67 Å². The molecule has 0 amide bonds. The van der Waals surface area contributed by atoms with Gasteiger partial charge < -0.3 is 5.32 Å². The van der Waals surface area contributed by atoms with E-state index >= 15 is 0 Å². The fourth-order valence-electron chi connectivity index (χ4n) is 1.47. The molecule has 5 heteroatoms. The summed E-state index contributed by atoms with van der Waals surface area (Å²) >= 11 is 1.80. The molecule has 72 valence electrons. The zero-order valence-corrected chi connectivity index (χ0v) is 8.55. The largest absolute Gasteiger partial charge is 0.316 e. The van der Waals surface area contributed by atoms with Crippen LogP contribution in [0.1, 0.15) is 6.42 Å². The topological polar surface area (TPSA) is 42.7 Å². The van der Waals surface area contributed by atoms with Crippen molar-refractivity contribution in [1.82, 2.24) is 20.1 Å². The van der Waals surface area contributed by atoms with Crippen molar-refractivity contribution in [1.29, 1.82) is 0 Å². The van der Waals surface area contributed by atoms with Gasteiger partial charge in [0.2, 0.25) is 0 Å². The van der Waals surface area contributed by atoms with Gasteiger partial charge in [0.25, 0.3) is 0 Å². The van der Waals surface area contributed by atoms with Gasteiger partial charge in [-0.1, -0.05) is 11.8 Å². The number of thioether (sulfide) groups is 1. The van der Waals surface area contributed by atoms with E-state index in [4.69, 9.17) is 0 Å². The van der Waals surface area contributed by atoms with E-state index in [1.54, 1.807) is 18.1 Å². The highest BCUT2D eigenvalue weighted by Gasteiger charge is 2.15. The van der Waals surface area contributed by atoms with Crippen molar-refractivity contribution in [3.05, 3.63) is 6.33 Å². The van der Waals surface area contributed by atoms with E-state index in [0.29, 0.717) is 0 Å². The Balaban J connectivity index is 1.82. The molecule has 1 fully saturated rings. The van der Waals surface area contributed by atoms with Crippen LogP contribution in [0, 0.1) is 5.92 Å². The Morgan fingerprint density at radius 2 is 2.69 bits per heavy atom. The highest BCUT2D eigenvalue weighted by molar-refractivity contribution is 7.99. The number of nitrogens with zero attached hydrogens (tertiary/aromatic N) is 3. The van der Waals surface area contributed by atoms with Crippen molar-refractivity contribution in [3.8, 4) is 0 Å². The Labute approximate surface area is 82.1 Å². The van der Waals surface area contributed by atoms with E-state index in [9.17, 15) is 0 Å². The summed E-state index contributed by atoms with van der Waals surface area (Å²) in [6.07, 6.45) is 2.90. The molecule has 0 aliphatic carbocycles. The summed E-state index contributed by atoms with van der Waals surface area (Å²) in [6, 6.07) is 0. The van der Waals surface area contributed by atoms with Crippen LogP contribution in [0.4, 0.5) is 0 Å². The molecule has 0 saturated carbocycles. The highest BCUT2D eigenvalue weighted by Crippen LogP contribution is 2.20. The molecule has 1 aromatic rings. The third-order valence-corrected chi connectivity index (χ3v) is 3.55. The quantitative estimate of drug-likeness (QED) is 0.719. The molecule has 1 N–H and O–H groups in total. The monoisotopic (exact) mass is 198 g/mol. The van der Waals surface area contributed by atoms with Crippen LogP contribution < -0.4 is 5.32 Å². The molecule has 4 nitrogen and oxygen atoms in total. The van der Waals surface area contributed by atoms with Gasteiger partial charge in [0.1, 0.15) is 6.33 Å². The number of hydrogen-bond acceptors (Lipinski definition) is 4. The van der Waals surface area contributed by atoms with E-state index in [1.807, 2.05) is 11.7 Å². The fraction of sp³-hybridized carbons (Fsp3) is 0.750. The molecule has 1 saturated heterocycles. The van der Waals surface area contributed by atoms with Crippen LogP contribution in [-0.2, 0) is 7.05 Å². The standard InChI is InChI=1S/C8H14N4S/c1-12-8(10-6-11-12)13-5-7-2-3-9-4-7/h6-7,9H,2-5H2,1H3. The van der Waals surface area contributed by atoms with E-state index in [-0.39, 0.29) is 0 Å². The maximum atomic E-state index is 4.17. The minimum Gasteiger partial charge on any atom is -0.316 e. The molecule has 1 aliphatic rings. The number of hydrogen-bond donors (Lipinski definition) is 1. The third-order valence-electron chi connectivity index (χ3n) is 2.28. The first-order valence-corrected chi connectivity index (χ1v) is 5.52. The summed E-state index contributed by atoms with van der Waals surface area (Å²) in [5.41, 5.74) is 0. The number of aromatic nitrogens is 3. The summed E-state index contributed by atoms with van der Waals surface area (Å²) < 4.78 is 1.83. The first-order chi connectivity index (χ1) is 6.36. The molecule has 0 spiro atoms. The fourth-order valence-corrected chi connectivity index (χ4v) is 2.49. The number of nitrogens with one attached hydrogen (secondary N) is 1. The molecular formula is C8H14N4S. The van der Waals surface area contributed by atoms with Crippen LogP contribution in [0.3, 0.4) is 0 Å². The van der Waals surface area contributed by atoms with E-state index in [1.165, 1.54) is 13.0 Å². The van der Waals surface area contributed by atoms with E-state index < -0.39 is 0 Å². The Bertz CT molecular complexity index is 267. The molecule has 0 radical (unpaired) electrons. The maximum absolute atomic E-state index is 4.17. The first kappa shape index (κ1) is 9.02. The summed E-state index contributed by atoms with van der Waals surface area (Å²) in [7, 11) is 1.93. The van der Waals surface area contributed by atoms with Gasteiger partial charge in [-0.15, -0.1) is 0 Å². The first-order valence-electron chi connectivity index (χ1n) is 4.54. The van der Waals surface area contributed by atoms with Gasteiger partial charge in [-0.2, -0.15) is 5.10 Å². The van der Waals surface area contributed by atoms with Gasteiger partial charge >= 0.3 is 0 Å². The predicted octanol–water partition coefficient (Wildman–Crippen LogP) is 0.517. The van der Waals surface area contributed by atoms with Crippen LogP contribution in [0.2, 0.25) is 0 Å². The lowest BCUT2D eigenvalue weighted by atomic mass is 10.2. The summed E-state index contributed by atoms with van der Waals surface area (Å²) in [4.78, 5) is 4.17. The van der Waals surface area contributed by atoms with Gasteiger partial charge in [0.15, 0.2) is 5.16 Å². The van der Waals surface area contributed by atoms with Crippen molar-refractivity contribution in [2.45, 2.75) is 11.6 Å². The zero-order chi connectivity index (χ0) is 9.10. The maximum Gasteiger partial charge on any atom is 0.185 e. The number of rotatable bonds is 3. The predicted molar refractivity (Wildman–Crippen MR) is 52.7 cm³/mol. The SMILES string of the molecule is Cn1ncnc1SCC1CCNC1. The third kappa shape index (κ3) is 2.22. The molecule has 1 unspecified atom stereocenters. The van der Waals surface area contributed by atoms with Crippen molar-refractivity contribution in [2.75, 3.05) is 18.8 Å². The van der Waals surface area contributed by atoms with Crippen molar-refractivity contribution in [2.24, 2.45) is 13.0 Å². The highest BCUT2D eigenvalue weighted by atomic mass is 32.2. The summed E-state index contributed by atoms with van der Waals surface area (Å²) in [5.74, 6) is 1.96. The normalized spacial score (nSPS) is 22.4. The molecule has 2 rings (SSSR count). The second-order valence-corrected chi connectivity index (χ2v) is 4.32. The molecule has 13 heavy (non-hydrogen) atoms. The number of aryl methyl sites for hydroxylation is 1. The van der Waals surface area contributed by atoms with Crippen molar-refractivity contribution in [3.63, 3.8) is 0 Å². The van der Waals surface area contributed by atoms with Gasteiger partial charge in [-0.05, 0) is 25.4 Å². The molecule has 2 heterocycles. The van der Waals surface area contributed by atoms with E-state index in [0.717, 1.165) is 23.4 Å². The van der Waals surface area contributed by atoms with Crippen LogP contribution in [0.15, 0.2) is 11.5 Å². The second-order valence-electron chi connectivity index (χ2n) is 3.34. The average molecular weight is 198 g/mol. The van der Waals surface area contributed by atoms with Crippen LogP contribution in [-0.4, -0.2) is 33.6 Å². The van der Waals surface area contributed by atoms with Crippen LogP contribution in [0.5, 0.6) is 0 Å². The molecule has 0 bridgehead atoms. The lowest BCUT2D eigenvalue weighted by molar-refractivity contribution is 0.652. The van der Waals surface area contributed by atoms with Gasteiger partial charge in [0, 0.05) is 12.8 Å². The summed E-state index contributed by atoms with van der Waals surface area (Å²) in [6.45, 7) is 2.33. The van der Waals surface area contributed by atoms with Crippen LogP contribution in [0.25, 0.3) is 0 Å². The van der Waals surface area contributed by atoms with Gasteiger partial charge in [-0.3, -0.25) is 0 Å². The Morgan fingerprint density at radius 3 is 3.31 bits per heavy atom. The summed E-state index contributed by atoms with van der Waals surface area (Å²) in [5, 5.41) is 8.41. The van der Waals surface area contributed by atoms with Crippen molar-refractivity contribution >= 4 is 11.8 Å².